The normalized spacial score (nSPS) is 11.8. The van der Waals surface area contributed by atoms with E-state index in [-0.39, 0.29) is 10.8 Å². The summed E-state index contributed by atoms with van der Waals surface area (Å²) in [4.78, 5) is 0. The van der Waals surface area contributed by atoms with Gasteiger partial charge >= 0.3 is 0 Å². The van der Waals surface area contributed by atoms with E-state index in [0.717, 1.165) is 5.56 Å². The van der Waals surface area contributed by atoms with Gasteiger partial charge in [-0.05, 0) is 22.1 Å². The van der Waals surface area contributed by atoms with Crippen LogP contribution in [0.3, 0.4) is 0 Å². The molecule has 0 N–H and O–H groups in total. The lowest BCUT2D eigenvalue weighted by atomic mass is 9.87. The van der Waals surface area contributed by atoms with E-state index in [2.05, 4.69) is 58.2 Å². The third-order valence-electron chi connectivity index (χ3n) is 3.34. The van der Waals surface area contributed by atoms with Gasteiger partial charge in [-0.1, -0.05) is 94.1 Å². The molecule has 0 saturated carbocycles. The largest absolute Gasteiger partial charge is 0.113 e. The molecule has 2 aromatic carbocycles. The summed E-state index contributed by atoms with van der Waals surface area (Å²) in [5.41, 5.74) is 3.90. The van der Waals surface area contributed by atoms with Crippen molar-refractivity contribution in [3.8, 4) is 0 Å². The van der Waals surface area contributed by atoms with Crippen molar-refractivity contribution in [2.75, 3.05) is 0 Å². The standard InChI is InChI=1S/C12H16.C9H9Cl/c1-5-10-6-8-11(9-7-10)12(2,3)4;1-2-9(10)8-6-4-3-5-7-8/h5-9H,1H2,2-4H3;2-7,9H,1H2. The summed E-state index contributed by atoms with van der Waals surface area (Å²) in [6.45, 7) is 14.0. The third kappa shape index (κ3) is 5.91. The van der Waals surface area contributed by atoms with Crippen LogP contribution in [0.5, 0.6) is 0 Å². The Hall–Kier alpha value is -1.79. The van der Waals surface area contributed by atoms with Gasteiger partial charge in [0.15, 0.2) is 0 Å². The second kappa shape index (κ2) is 8.60. The number of hydrogen-bond acceptors (Lipinski definition) is 0. The summed E-state index contributed by atoms with van der Waals surface area (Å²) >= 11 is 5.87. The summed E-state index contributed by atoms with van der Waals surface area (Å²) in [7, 11) is 0. The van der Waals surface area contributed by atoms with E-state index in [1.54, 1.807) is 6.08 Å². The van der Waals surface area contributed by atoms with Crippen LogP contribution < -0.4 is 0 Å². The number of hydrogen-bond donors (Lipinski definition) is 0. The molecule has 0 aliphatic rings. The van der Waals surface area contributed by atoms with Crippen LogP contribution in [-0.4, -0.2) is 0 Å². The molecule has 2 rings (SSSR count). The second-order valence-electron chi connectivity index (χ2n) is 6.12. The molecule has 0 amide bonds. The molecule has 0 aliphatic heterocycles. The van der Waals surface area contributed by atoms with E-state index in [1.165, 1.54) is 11.1 Å². The van der Waals surface area contributed by atoms with Gasteiger partial charge in [-0.15, -0.1) is 18.2 Å². The quantitative estimate of drug-likeness (QED) is 0.433. The van der Waals surface area contributed by atoms with Crippen LogP contribution in [0, 0.1) is 0 Å². The zero-order valence-electron chi connectivity index (χ0n) is 13.7. The number of allylic oxidation sites excluding steroid dienone is 1. The smallest absolute Gasteiger partial charge is 0.0763 e. The molecule has 1 unspecified atom stereocenters. The Morgan fingerprint density at radius 2 is 1.45 bits per heavy atom. The lowest BCUT2D eigenvalue weighted by Crippen LogP contribution is -2.10. The average molecular weight is 313 g/mol. The summed E-state index contributed by atoms with van der Waals surface area (Å²) in [5.74, 6) is 0. The average Bonchev–Trinajstić information content (AvgIpc) is 2.55. The highest BCUT2D eigenvalue weighted by Crippen LogP contribution is 2.22. The number of halogens is 1. The van der Waals surface area contributed by atoms with Crippen LogP contribution in [0.2, 0.25) is 0 Å². The zero-order chi connectivity index (χ0) is 16.6. The molecule has 1 heteroatoms. The van der Waals surface area contributed by atoms with Gasteiger partial charge in [-0.25, -0.2) is 0 Å². The van der Waals surface area contributed by atoms with Crippen molar-refractivity contribution >= 4 is 17.7 Å². The van der Waals surface area contributed by atoms with Crippen LogP contribution >= 0.6 is 11.6 Å². The van der Waals surface area contributed by atoms with Crippen molar-refractivity contribution in [2.24, 2.45) is 0 Å². The molecule has 0 bridgehead atoms. The first-order valence-corrected chi connectivity index (χ1v) is 7.86. The molecule has 1 atom stereocenters. The maximum atomic E-state index is 5.87. The first-order chi connectivity index (χ1) is 10.4. The van der Waals surface area contributed by atoms with Crippen molar-refractivity contribution in [2.45, 2.75) is 31.6 Å². The molecule has 0 aromatic heterocycles. The van der Waals surface area contributed by atoms with Gasteiger partial charge < -0.3 is 0 Å². The van der Waals surface area contributed by atoms with E-state index in [4.69, 9.17) is 11.6 Å². The van der Waals surface area contributed by atoms with Crippen molar-refractivity contribution in [3.05, 3.63) is 90.5 Å². The number of benzene rings is 2. The molecular weight excluding hydrogens is 288 g/mol. The molecule has 0 heterocycles. The van der Waals surface area contributed by atoms with Crippen LogP contribution in [0.25, 0.3) is 6.08 Å². The molecule has 0 nitrogen and oxygen atoms in total. The van der Waals surface area contributed by atoms with Crippen molar-refractivity contribution in [3.63, 3.8) is 0 Å². The van der Waals surface area contributed by atoms with Crippen LogP contribution in [0.1, 0.15) is 42.8 Å². The lowest BCUT2D eigenvalue weighted by molar-refractivity contribution is 0.590. The van der Waals surface area contributed by atoms with Gasteiger partial charge in [0.05, 0.1) is 5.38 Å². The van der Waals surface area contributed by atoms with Gasteiger partial charge in [0.25, 0.3) is 0 Å². The van der Waals surface area contributed by atoms with Crippen molar-refractivity contribution < 1.29 is 0 Å². The highest BCUT2D eigenvalue weighted by Gasteiger charge is 2.12. The monoisotopic (exact) mass is 312 g/mol. The SMILES string of the molecule is C=CC(Cl)c1ccccc1.C=Cc1ccc(C(C)(C)C)cc1. The topological polar surface area (TPSA) is 0 Å². The Kier molecular flexibility index (Phi) is 7.14. The Morgan fingerprint density at radius 1 is 0.909 bits per heavy atom. The zero-order valence-corrected chi connectivity index (χ0v) is 14.5. The number of alkyl halides is 1. The van der Waals surface area contributed by atoms with E-state index in [1.807, 2.05) is 36.4 Å². The Labute approximate surface area is 140 Å². The first kappa shape index (κ1) is 18.3. The maximum Gasteiger partial charge on any atom is 0.0763 e. The van der Waals surface area contributed by atoms with Crippen LogP contribution in [0.4, 0.5) is 0 Å². The Balaban J connectivity index is 0.000000224. The molecule has 2 aromatic rings. The minimum Gasteiger partial charge on any atom is -0.113 e. The van der Waals surface area contributed by atoms with Gasteiger partial charge in [0, 0.05) is 0 Å². The summed E-state index contributed by atoms with van der Waals surface area (Å²) in [6, 6.07) is 18.4. The second-order valence-corrected chi connectivity index (χ2v) is 6.59. The minimum atomic E-state index is -0.0544. The molecule has 0 radical (unpaired) electrons. The number of rotatable bonds is 3. The fraction of sp³-hybridized carbons (Fsp3) is 0.238. The fourth-order valence-electron chi connectivity index (χ4n) is 1.89. The van der Waals surface area contributed by atoms with E-state index in [9.17, 15) is 0 Å². The summed E-state index contributed by atoms with van der Waals surface area (Å²) in [6.07, 6.45) is 3.59. The predicted molar refractivity (Wildman–Crippen MR) is 100 cm³/mol. The van der Waals surface area contributed by atoms with E-state index < -0.39 is 0 Å². The molecule has 0 fully saturated rings. The first-order valence-electron chi connectivity index (χ1n) is 7.43. The molecular formula is C21H25Cl. The Morgan fingerprint density at radius 3 is 1.86 bits per heavy atom. The molecule has 22 heavy (non-hydrogen) atoms. The van der Waals surface area contributed by atoms with Gasteiger partial charge in [-0.2, -0.15) is 0 Å². The Bertz CT molecular complexity index is 574. The van der Waals surface area contributed by atoms with Crippen LogP contribution in [0.15, 0.2) is 73.8 Å². The molecule has 0 aliphatic carbocycles. The molecule has 0 spiro atoms. The van der Waals surface area contributed by atoms with E-state index in [0.29, 0.717) is 0 Å². The molecule has 116 valence electrons. The highest BCUT2D eigenvalue weighted by molar-refractivity contribution is 6.21. The lowest BCUT2D eigenvalue weighted by Gasteiger charge is -2.18. The maximum absolute atomic E-state index is 5.87. The van der Waals surface area contributed by atoms with Crippen molar-refractivity contribution in [1.29, 1.82) is 0 Å². The fourth-order valence-corrected chi connectivity index (χ4v) is 2.04. The van der Waals surface area contributed by atoms with Gasteiger partial charge in [0.2, 0.25) is 0 Å². The summed E-state index contributed by atoms with van der Waals surface area (Å²) in [5, 5.41) is -0.0544. The van der Waals surface area contributed by atoms with Gasteiger partial charge in [-0.3, -0.25) is 0 Å². The summed E-state index contributed by atoms with van der Waals surface area (Å²) < 4.78 is 0. The highest BCUT2D eigenvalue weighted by atomic mass is 35.5. The minimum absolute atomic E-state index is 0.0544. The third-order valence-corrected chi connectivity index (χ3v) is 3.77. The van der Waals surface area contributed by atoms with Gasteiger partial charge in [0.1, 0.15) is 0 Å². The van der Waals surface area contributed by atoms with Crippen molar-refractivity contribution in [1.82, 2.24) is 0 Å². The van der Waals surface area contributed by atoms with E-state index >= 15 is 0 Å². The van der Waals surface area contributed by atoms with Crippen LogP contribution in [-0.2, 0) is 5.41 Å². The molecule has 0 saturated heterocycles. The predicted octanol–water partition coefficient (Wildman–Crippen LogP) is 6.78.